The molecule has 2 unspecified atom stereocenters. The maximum Gasteiger partial charge on any atom is 0.338 e. The van der Waals surface area contributed by atoms with E-state index in [2.05, 4.69) is 25.5 Å². The fraction of sp³-hybridized carbons (Fsp3) is 0.667. The van der Waals surface area contributed by atoms with E-state index in [0.717, 1.165) is 12.0 Å². The van der Waals surface area contributed by atoms with Crippen LogP contribution in [0, 0.1) is 11.3 Å². The molecule has 3 heteroatoms. The predicted molar refractivity (Wildman–Crippen MR) is 57.0 cm³/mol. The summed E-state index contributed by atoms with van der Waals surface area (Å²) < 4.78 is 4.65. The van der Waals surface area contributed by atoms with Crippen LogP contribution >= 0.6 is 0 Å². The quantitative estimate of drug-likeness (QED) is 0.493. The summed E-state index contributed by atoms with van der Waals surface area (Å²) in [5.41, 5.74) is 0.870. The molecule has 0 N–H and O–H groups in total. The van der Waals surface area contributed by atoms with Crippen molar-refractivity contribution in [1.29, 1.82) is 0 Å². The molecule has 2 atom stereocenters. The Balaban J connectivity index is 3.08. The topological polar surface area (TPSA) is 43.4 Å². The second-order valence-corrected chi connectivity index (χ2v) is 4.59. The molecule has 0 amide bonds. The first-order valence-corrected chi connectivity index (χ1v) is 5.32. The van der Waals surface area contributed by atoms with Gasteiger partial charge in [-0.1, -0.05) is 26.3 Å². The molecule has 0 aromatic heterocycles. The lowest BCUT2D eigenvalue weighted by molar-refractivity contribution is -0.158. The first-order valence-electron chi connectivity index (χ1n) is 5.32. The molecule has 3 nitrogen and oxygen atoms in total. The largest absolute Gasteiger partial charge is 0.390 e. The molecule has 0 saturated carbocycles. The van der Waals surface area contributed by atoms with Crippen LogP contribution in [0.1, 0.15) is 40.5 Å². The van der Waals surface area contributed by atoms with E-state index < -0.39 is 11.9 Å². The smallest absolute Gasteiger partial charge is 0.338 e. The average Bonchev–Trinajstić information content (AvgIpc) is 2.14. The van der Waals surface area contributed by atoms with Crippen molar-refractivity contribution in [3.8, 4) is 0 Å². The van der Waals surface area contributed by atoms with Crippen LogP contribution in [0.25, 0.3) is 0 Å². The molecule has 15 heavy (non-hydrogen) atoms. The van der Waals surface area contributed by atoms with Gasteiger partial charge in [0.15, 0.2) is 0 Å². The summed E-state index contributed by atoms with van der Waals surface area (Å²) in [6, 6.07) is 0. The van der Waals surface area contributed by atoms with Crippen molar-refractivity contribution < 1.29 is 14.3 Å². The normalized spacial score (nSPS) is 36.3. The summed E-state index contributed by atoms with van der Waals surface area (Å²) in [7, 11) is 0. The fourth-order valence-electron chi connectivity index (χ4n) is 1.95. The van der Waals surface area contributed by atoms with Gasteiger partial charge >= 0.3 is 11.9 Å². The third kappa shape index (κ3) is 2.46. The van der Waals surface area contributed by atoms with Gasteiger partial charge in [-0.05, 0) is 24.7 Å². The molecule has 1 aliphatic heterocycles. The van der Waals surface area contributed by atoms with Crippen molar-refractivity contribution in [3.63, 3.8) is 0 Å². The monoisotopic (exact) mass is 210 g/mol. The number of rotatable bonds is 1. The first kappa shape index (κ1) is 12.0. The zero-order valence-corrected chi connectivity index (χ0v) is 9.79. The Morgan fingerprint density at radius 1 is 1.53 bits per heavy atom. The van der Waals surface area contributed by atoms with Gasteiger partial charge in [0.25, 0.3) is 0 Å². The number of carbonyl (C=O) groups is 2. The molecule has 84 valence electrons. The summed E-state index contributed by atoms with van der Waals surface area (Å²) >= 11 is 0. The van der Waals surface area contributed by atoms with Crippen molar-refractivity contribution in [2.75, 3.05) is 0 Å². The van der Waals surface area contributed by atoms with Gasteiger partial charge < -0.3 is 4.74 Å². The van der Waals surface area contributed by atoms with Crippen LogP contribution in [0.4, 0.5) is 0 Å². The molecule has 1 aliphatic rings. The number of carbonyl (C=O) groups excluding carboxylic acids is 2. The summed E-state index contributed by atoms with van der Waals surface area (Å²) in [5.74, 6) is -0.734. The predicted octanol–water partition coefficient (Wildman–Crippen LogP) is 2.46. The zero-order valence-electron chi connectivity index (χ0n) is 9.79. The van der Waals surface area contributed by atoms with E-state index in [0.29, 0.717) is 6.42 Å². The van der Waals surface area contributed by atoms with Crippen LogP contribution in [0.2, 0.25) is 0 Å². The zero-order chi connectivity index (χ0) is 11.6. The number of cyclic esters (lactones) is 2. The highest BCUT2D eigenvalue weighted by atomic mass is 16.6. The van der Waals surface area contributed by atoms with Crippen molar-refractivity contribution in [1.82, 2.24) is 0 Å². The van der Waals surface area contributed by atoms with Crippen molar-refractivity contribution >= 4 is 11.9 Å². The summed E-state index contributed by atoms with van der Waals surface area (Å²) in [6.45, 7) is 8.09. The average molecular weight is 210 g/mol. The number of hydrogen-bond acceptors (Lipinski definition) is 3. The molecule has 0 aliphatic carbocycles. The van der Waals surface area contributed by atoms with Gasteiger partial charge in [-0.3, -0.25) is 4.79 Å². The van der Waals surface area contributed by atoms with E-state index >= 15 is 0 Å². The Morgan fingerprint density at radius 3 is 2.67 bits per heavy atom. The van der Waals surface area contributed by atoms with E-state index in [1.807, 2.05) is 6.92 Å². The Bertz CT molecular complexity index is 317. The minimum Gasteiger partial charge on any atom is -0.390 e. The second-order valence-electron chi connectivity index (χ2n) is 4.59. The van der Waals surface area contributed by atoms with Crippen LogP contribution < -0.4 is 0 Å². The Labute approximate surface area is 90.5 Å². The van der Waals surface area contributed by atoms with Gasteiger partial charge in [0, 0.05) is 6.08 Å². The highest BCUT2D eigenvalue weighted by Crippen LogP contribution is 2.40. The first-order chi connectivity index (χ1) is 6.89. The maximum atomic E-state index is 11.4. The Morgan fingerprint density at radius 2 is 2.13 bits per heavy atom. The van der Waals surface area contributed by atoms with Crippen LogP contribution in [-0.4, -0.2) is 11.9 Å². The molecular formula is C12H18O3. The molecule has 0 bridgehead atoms. The molecule has 0 fully saturated rings. The second kappa shape index (κ2) is 4.17. The van der Waals surface area contributed by atoms with Crippen LogP contribution in [0.15, 0.2) is 11.6 Å². The third-order valence-electron chi connectivity index (χ3n) is 3.64. The van der Waals surface area contributed by atoms with Crippen molar-refractivity contribution in [2.45, 2.75) is 40.5 Å². The Kier molecular flexibility index (Phi) is 3.32. The van der Waals surface area contributed by atoms with Gasteiger partial charge in [0.1, 0.15) is 0 Å². The number of hydrogen-bond donors (Lipinski definition) is 0. The van der Waals surface area contributed by atoms with Crippen LogP contribution in [0.3, 0.4) is 0 Å². The fourth-order valence-corrected chi connectivity index (χ4v) is 1.95. The van der Waals surface area contributed by atoms with E-state index in [1.165, 1.54) is 6.08 Å². The molecule has 1 heterocycles. The van der Waals surface area contributed by atoms with E-state index in [9.17, 15) is 9.59 Å². The highest BCUT2D eigenvalue weighted by Gasteiger charge is 2.35. The summed E-state index contributed by atoms with van der Waals surface area (Å²) in [5, 5.41) is 0. The molecule has 0 radical (unpaired) electrons. The van der Waals surface area contributed by atoms with Crippen LogP contribution in [-0.2, 0) is 14.3 Å². The van der Waals surface area contributed by atoms with Gasteiger partial charge in [0.05, 0.1) is 6.42 Å². The minimum absolute atomic E-state index is 0.113. The van der Waals surface area contributed by atoms with Crippen molar-refractivity contribution in [3.05, 3.63) is 11.6 Å². The maximum absolute atomic E-state index is 11.4. The lowest BCUT2D eigenvalue weighted by Gasteiger charge is -2.35. The summed E-state index contributed by atoms with van der Waals surface area (Å²) in [4.78, 5) is 22.6. The molecular weight excluding hydrogens is 192 g/mol. The Hall–Kier alpha value is -1.12. The molecule has 0 aromatic rings. The molecule has 1 rings (SSSR count). The summed E-state index contributed by atoms with van der Waals surface area (Å²) in [6.07, 6.45) is 2.62. The van der Waals surface area contributed by atoms with Crippen molar-refractivity contribution in [2.24, 2.45) is 11.3 Å². The van der Waals surface area contributed by atoms with Gasteiger partial charge in [-0.15, -0.1) is 0 Å². The van der Waals surface area contributed by atoms with Gasteiger partial charge in [-0.25, -0.2) is 4.79 Å². The minimum atomic E-state index is -0.539. The van der Waals surface area contributed by atoms with Gasteiger partial charge in [-0.2, -0.15) is 0 Å². The lowest BCUT2D eigenvalue weighted by atomic mass is 9.70. The van der Waals surface area contributed by atoms with E-state index in [-0.39, 0.29) is 11.3 Å². The highest BCUT2D eigenvalue weighted by molar-refractivity contribution is 5.93. The third-order valence-corrected chi connectivity index (χ3v) is 3.64. The lowest BCUT2D eigenvalue weighted by Crippen LogP contribution is -2.32. The standard InChI is InChI=1S/C12H18O3/c1-5-12(4)7-11(14)15-10(13)6-8(2)9(12)3/h6,9H,5,7H2,1-4H3/b8-6-. The number of esters is 2. The number of allylic oxidation sites excluding steroid dienone is 1. The molecule has 0 spiro atoms. The SMILES string of the molecule is CCC1(C)CC(=O)OC(=O)/C=C(/C)C1C. The van der Waals surface area contributed by atoms with Gasteiger partial charge in [0.2, 0.25) is 0 Å². The van der Waals surface area contributed by atoms with E-state index in [1.54, 1.807) is 0 Å². The molecule has 0 saturated heterocycles. The molecule has 0 aromatic carbocycles. The number of ether oxygens (including phenoxy) is 1. The van der Waals surface area contributed by atoms with E-state index in [4.69, 9.17) is 0 Å². The van der Waals surface area contributed by atoms with Crippen LogP contribution in [0.5, 0.6) is 0 Å².